The number of rotatable bonds is 7. The summed E-state index contributed by atoms with van der Waals surface area (Å²) in [7, 11) is 1.73. The number of pyridine rings is 1. The van der Waals surface area contributed by atoms with Gasteiger partial charge in [0.1, 0.15) is 17.7 Å². The molecule has 26 heavy (non-hydrogen) atoms. The van der Waals surface area contributed by atoms with Crippen LogP contribution in [-0.2, 0) is 6.42 Å². The molecular formula is C19H26FIN4O. The van der Waals surface area contributed by atoms with Crippen LogP contribution in [0.3, 0.4) is 0 Å². The van der Waals surface area contributed by atoms with Gasteiger partial charge in [-0.3, -0.25) is 9.98 Å². The first-order valence-corrected chi connectivity index (χ1v) is 8.34. The van der Waals surface area contributed by atoms with Crippen LogP contribution in [0.2, 0.25) is 0 Å². The Labute approximate surface area is 171 Å². The minimum Gasteiger partial charge on any atom is -0.489 e. The van der Waals surface area contributed by atoms with Crippen LogP contribution in [0.25, 0.3) is 0 Å². The van der Waals surface area contributed by atoms with Gasteiger partial charge in [-0.05, 0) is 61.7 Å². The minimum atomic E-state index is -0.271. The van der Waals surface area contributed by atoms with Gasteiger partial charge in [0.05, 0.1) is 6.54 Å². The zero-order chi connectivity index (χ0) is 18.1. The zero-order valence-electron chi connectivity index (χ0n) is 15.3. The topological polar surface area (TPSA) is 58.5 Å². The molecule has 2 aromatic rings. The predicted octanol–water partition coefficient (Wildman–Crippen LogP) is 3.32. The molecule has 0 aliphatic carbocycles. The van der Waals surface area contributed by atoms with Crippen LogP contribution in [0.1, 0.15) is 18.1 Å². The Kier molecular flexibility index (Phi) is 9.93. The maximum atomic E-state index is 12.9. The molecule has 0 fully saturated rings. The number of nitrogens with zero attached hydrogens (tertiary/aromatic N) is 2. The number of halogens is 2. The highest BCUT2D eigenvalue weighted by molar-refractivity contribution is 14.0. The average Bonchev–Trinajstić information content (AvgIpc) is 2.61. The molecule has 0 aliphatic rings. The summed E-state index contributed by atoms with van der Waals surface area (Å²) in [4.78, 5) is 8.31. The van der Waals surface area contributed by atoms with Crippen molar-refractivity contribution in [3.05, 3.63) is 59.7 Å². The van der Waals surface area contributed by atoms with Crippen molar-refractivity contribution in [1.82, 2.24) is 15.6 Å². The number of aryl methyl sites for hydroxylation is 1. The number of hydrogen-bond donors (Lipinski definition) is 2. The second-order valence-electron chi connectivity index (χ2n) is 5.81. The Bertz CT molecular complexity index is 694. The fraction of sp³-hybridized carbons (Fsp3) is 0.368. The molecule has 0 amide bonds. The highest BCUT2D eigenvalue weighted by Crippen LogP contribution is 2.12. The molecule has 0 radical (unpaired) electrons. The lowest BCUT2D eigenvalue weighted by atomic mass is 10.1. The van der Waals surface area contributed by atoms with Crippen molar-refractivity contribution in [3.63, 3.8) is 0 Å². The molecule has 1 unspecified atom stereocenters. The lowest BCUT2D eigenvalue weighted by Gasteiger charge is -2.18. The van der Waals surface area contributed by atoms with Crippen molar-refractivity contribution >= 4 is 29.9 Å². The van der Waals surface area contributed by atoms with Gasteiger partial charge < -0.3 is 15.4 Å². The first kappa shape index (κ1) is 22.1. The number of guanidine groups is 1. The third-order valence-corrected chi connectivity index (χ3v) is 3.75. The van der Waals surface area contributed by atoms with Crippen molar-refractivity contribution < 1.29 is 9.13 Å². The van der Waals surface area contributed by atoms with Crippen molar-refractivity contribution in [1.29, 1.82) is 0 Å². The maximum Gasteiger partial charge on any atom is 0.191 e. The SMILES string of the molecule is CN=C(NCCc1ccncc1C)NCC(C)Oc1ccc(F)cc1.I. The van der Waals surface area contributed by atoms with E-state index in [0.717, 1.165) is 18.9 Å². The van der Waals surface area contributed by atoms with Gasteiger partial charge in [0.25, 0.3) is 0 Å². The fourth-order valence-corrected chi connectivity index (χ4v) is 2.35. The number of ether oxygens (including phenoxy) is 1. The highest BCUT2D eigenvalue weighted by Gasteiger charge is 2.06. The van der Waals surface area contributed by atoms with E-state index < -0.39 is 0 Å². The van der Waals surface area contributed by atoms with E-state index in [1.807, 2.05) is 25.4 Å². The van der Waals surface area contributed by atoms with Gasteiger partial charge in [-0.15, -0.1) is 24.0 Å². The molecule has 0 aliphatic heterocycles. The summed E-state index contributed by atoms with van der Waals surface area (Å²) in [6.45, 7) is 5.37. The van der Waals surface area contributed by atoms with Gasteiger partial charge in [-0.2, -0.15) is 0 Å². The van der Waals surface area contributed by atoms with Crippen molar-refractivity contribution in [2.24, 2.45) is 4.99 Å². The number of hydrogen-bond acceptors (Lipinski definition) is 3. The smallest absolute Gasteiger partial charge is 0.191 e. The van der Waals surface area contributed by atoms with E-state index in [-0.39, 0.29) is 35.9 Å². The molecule has 1 aromatic carbocycles. The summed E-state index contributed by atoms with van der Waals surface area (Å²) in [6, 6.07) is 8.05. The van der Waals surface area contributed by atoms with E-state index in [4.69, 9.17) is 4.74 Å². The molecule has 2 N–H and O–H groups in total. The Hall–Kier alpha value is -1.90. The predicted molar refractivity (Wildman–Crippen MR) is 114 cm³/mol. The van der Waals surface area contributed by atoms with Crippen LogP contribution < -0.4 is 15.4 Å². The lowest BCUT2D eigenvalue weighted by molar-refractivity contribution is 0.223. The summed E-state index contributed by atoms with van der Waals surface area (Å²) in [5.41, 5.74) is 2.46. The Balaban J connectivity index is 0.00000338. The van der Waals surface area contributed by atoms with E-state index in [9.17, 15) is 4.39 Å². The number of benzene rings is 1. The van der Waals surface area contributed by atoms with Crippen molar-refractivity contribution in [3.8, 4) is 5.75 Å². The Morgan fingerprint density at radius 3 is 2.62 bits per heavy atom. The molecule has 0 spiro atoms. The van der Waals surface area contributed by atoms with Crippen LogP contribution in [0.5, 0.6) is 5.75 Å². The fourth-order valence-electron chi connectivity index (χ4n) is 2.35. The van der Waals surface area contributed by atoms with E-state index in [1.54, 1.807) is 19.2 Å². The molecule has 0 saturated heterocycles. The standard InChI is InChI=1S/C19H25FN4O.HI/c1-14-12-22-10-8-16(14)9-11-23-19(21-3)24-13-15(2)25-18-6-4-17(20)5-7-18;/h4-8,10,12,15H,9,11,13H2,1-3H3,(H2,21,23,24);1H. The van der Waals surface area contributed by atoms with Gasteiger partial charge in [-0.1, -0.05) is 0 Å². The summed E-state index contributed by atoms with van der Waals surface area (Å²) < 4.78 is 18.6. The molecule has 5 nitrogen and oxygen atoms in total. The summed E-state index contributed by atoms with van der Waals surface area (Å²) in [5, 5.41) is 6.51. The molecule has 1 heterocycles. The molecule has 0 saturated carbocycles. The first-order chi connectivity index (χ1) is 12.1. The largest absolute Gasteiger partial charge is 0.489 e. The number of aromatic nitrogens is 1. The number of aliphatic imine (C=N–C) groups is 1. The van der Waals surface area contributed by atoms with Crippen molar-refractivity contribution in [2.45, 2.75) is 26.4 Å². The second kappa shape index (κ2) is 11.7. The maximum absolute atomic E-state index is 12.9. The summed E-state index contributed by atoms with van der Waals surface area (Å²) in [6.07, 6.45) is 4.50. The molecule has 0 bridgehead atoms. The van der Waals surface area contributed by atoms with Gasteiger partial charge in [0, 0.05) is 26.0 Å². The van der Waals surface area contributed by atoms with Gasteiger partial charge >= 0.3 is 0 Å². The van der Waals surface area contributed by atoms with E-state index in [2.05, 4.69) is 27.5 Å². The lowest BCUT2D eigenvalue weighted by Crippen LogP contribution is -2.42. The average molecular weight is 472 g/mol. The van der Waals surface area contributed by atoms with E-state index in [1.165, 1.54) is 23.3 Å². The molecular weight excluding hydrogens is 446 g/mol. The molecule has 1 aromatic heterocycles. The second-order valence-corrected chi connectivity index (χ2v) is 5.81. The van der Waals surface area contributed by atoms with Crippen LogP contribution in [-0.4, -0.2) is 37.2 Å². The van der Waals surface area contributed by atoms with Crippen LogP contribution in [0, 0.1) is 12.7 Å². The van der Waals surface area contributed by atoms with Crippen LogP contribution in [0.4, 0.5) is 4.39 Å². The minimum absolute atomic E-state index is 0. The van der Waals surface area contributed by atoms with Gasteiger partial charge in [0.2, 0.25) is 0 Å². The quantitative estimate of drug-likeness (QED) is 0.369. The Morgan fingerprint density at radius 1 is 1.23 bits per heavy atom. The normalized spacial score (nSPS) is 12.1. The van der Waals surface area contributed by atoms with E-state index in [0.29, 0.717) is 12.3 Å². The Morgan fingerprint density at radius 2 is 1.96 bits per heavy atom. The third kappa shape index (κ3) is 7.55. The van der Waals surface area contributed by atoms with E-state index >= 15 is 0 Å². The van der Waals surface area contributed by atoms with Gasteiger partial charge in [-0.25, -0.2) is 4.39 Å². The van der Waals surface area contributed by atoms with Crippen molar-refractivity contribution in [2.75, 3.05) is 20.1 Å². The third-order valence-electron chi connectivity index (χ3n) is 3.75. The summed E-state index contributed by atoms with van der Waals surface area (Å²) in [5.74, 6) is 1.10. The molecule has 2 rings (SSSR count). The van der Waals surface area contributed by atoms with Crippen LogP contribution >= 0.6 is 24.0 Å². The monoisotopic (exact) mass is 472 g/mol. The van der Waals surface area contributed by atoms with Gasteiger partial charge in [0.15, 0.2) is 5.96 Å². The highest BCUT2D eigenvalue weighted by atomic mass is 127. The molecule has 1 atom stereocenters. The van der Waals surface area contributed by atoms with Crippen LogP contribution in [0.15, 0.2) is 47.7 Å². The molecule has 7 heteroatoms. The summed E-state index contributed by atoms with van der Waals surface area (Å²) >= 11 is 0. The molecule has 142 valence electrons. The first-order valence-electron chi connectivity index (χ1n) is 8.34. The zero-order valence-corrected chi connectivity index (χ0v) is 17.7. The number of nitrogens with one attached hydrogen (secondary N) is 2.